The lowest BCUT2D eigenvalue weighted by molar-refractivity contribution is -0.256. The Bertz CT molecular complexity index is 3200. The summed E-state index contributed by atoms with van der Waals surface area (Å²) in [5.41, 5.74) is 2.43. The zero-order valence-electron chi connectivity index (χ0n) is 48.9. The number of hydrogen-bond donors (Lipinski definition) is 7. The lowest BCUT2D eigenvalue weighted by Gasteiger charge is -2.43. The number of nitrogens with zero attached hydrogens (tertiary/aromatic N) is 2. The fraction of sp³-hybridized carbons (Fsp3) is 0.492. The van der Waals surface area contributed by atoms with Gasteiger partial charge in [0.2, 0.25) is 23.5 Å². The number of allylic oxidation sites excluding steroid dienone is 8. The quantitative estimate of drug-likeness (QED) is 0.0309. The number of carbonyl (C=O) groups is 6. The molecule has 3 saturated heterocycles. The second-order valence-electron chi connectivity index (χ2n) is 21.6. The summed E-state index contributed by atoms with van der Waals surface area (Å²) in [6.45, 7) is 4.59. The molecular weight excluding hydrogens is 1200 g/mol. The smallest absolute Gasteiger partial charge is 0.270 e. The van der Waals surface area contributed by atoms with Gasteiger partial charge in [0.1, 0.15) is 35.7 Å². The molecule has 10 rings (SSSR count). The van der Waals surface area contributed by atoms with E-state index in [9.17, 15) is 44.1 Å². The molecule has 7 aliphatic rings. The Morgan fingerprint density at radius 2 is 1.53 bits per heavy atom. The number of ether oxygens (including phenoxy) is 9. The van der Waals surface area contributed by atoms with Crippen molar-refractivity contribution in [1.82, 2.24) is 31.4 Å². The summed E-state index contributed by atoms with van der Waals surface area (Å²) in [5, 5.41) is 41.8. The largest absolute Gasteiger partial charge is 0.507 e. The van der Waals surface area contributed by atoms with Crippen LogP contribution in [0.25, 0.3) is 0 Å². The Kier molecular flexibility index (Phi) is 22.0. The number of carbonyl (C=O) groups excluding carboxylic acids is 6. The van der Waals surface area contributed by atoms with Crippen molar-refractivity contribution in [1.29, 1.82) is 0 Å². The zero-order chi connectivity index (χ0) is 61.9. The van der Waals surface area contributed by atoms with Crippen LogP contribution in [0.5, 0.6) is 23.0 Å². The third-order valence-corrected chi connectivity index (χ3v) is 18.8. The van der Waals surface area contributed by atoms with Crippen molar-refractivity contribution in [3.8, 4) is 23.0 Å². The van der Waals surface area contributed by atoms with Crippen LogP contribution in [0.15, 0.2) is 76.6 Å². The second-order valence-corrected chi connectivity index (χ2v) is 24.9. The van der Waals surface area contributed by atoms with Gasteiger partial charge in [0.15, 0.2) is 30.2 Å². The highest BCUT2D eigenvalue weighted by molar-refractivity contribution is 8.03. The summed E-state index contributed by atoms with van der Waals surface area (Å²) in [4.78, 5) is 89.9. The normalized spacial score (nSPS) is 26.4. The van der Waals surface area contributed by atoms with E-state index in [2.05, 4.69) is 50.7 Å². The number of amides is 4. The van der Waals surface area contributed by atoms with Gasteiger partial charge in [-0.2, -0.15) is 11.8 Å². The molecule has 3 aliphatic carbocycles. The standard InChI is InChI=1S/C61H72N6O18S3/c1-34-57-42(67-17-19-82-59(78-3)58(67)85-57)28-48(83-34)84-44-30-61(76,29-41-50(44)56(74)52-51(54(41)72)53(71)40-11-8-12-43(77-2)49(40)55(52)73)60(75)66-65-46(69)14-24-86-33-47(70)63-16-15-62-45(68)13-18-79-20-21-80-22-23-81-37-25-35-31-87-38-9-6-4-5-7-10-39(27-38)88-32-36(26-37)64-35/h4-12,25-26,34,42,44,48,57-59,72,74,76H,13-24,27-33H2,1-3H3,(H,62,68)(H,63,70)(H,65,69)(H,66,75)/b6-4-,7-5-,38-9+,39-10+/t34-,42-,44-,48-,57+,58+,59-,61-/m0/s1. The van der Waals surface area contributed by atoms with E-state index in [1.54, 1.807) is 30.4 Å². The van der Waals surface area contributed by atoms with Gasteiger partial charge in [0.25, 0.3) is 5.91 Å². The fourth-order valence-electron chi connectivity index (χ4n) is 11.5. The molecule has 3 aromatic rings. The minimum atomic E-state index is -2.45. The lowest BCUT2D eigenvalue weighted by atomic mass is 9.72. The molecule has 472 valence electrons. The number of nitrogens with one attached hydrogen (secondary N) is 4. The average Bonchev–Trinajstić information content (AvgIpc) is 1.39. The molecule has 0 unspecified atom stereocenters. The number of phenols is 2. The molecule has 0 spiro atoms. The van der Waals surface area contributed by atoms with Gasteiger partial charge in [0, 0.05) is 117 Å². The number of thioether (sulfide) groups is 3. The van der Waals surface area contributed by atoms with E-state index in [0.29, 0.717) is 39.6 Å². The monoisotopic (exact) mass is 1270 g/mol. The van der Waals surface area contributed by atoms with Crippen molar-refractivity contribution in [2.75, 3.05) is 85.0 Å². The van der Waals surface area contributed by atoms with E-state index < -0.39 is 102 Å². The second kappa shape index (κ2) is 30.0. The number of benzene rings is 2. The summed E-state index contributed by atoms with van der Waals surface area (Å²) in [7, 11) is 2.85. The van der Waals surface area contributed by atoms with Gasteiger partial charge < -0.3 is 68.6 Å². The first-order valence-corrected chi connectivity index (χ1v) is 32.2. The van der Waals surface area contributed by atoms with Crippen LogP contribution in [0.4, 0.5) is 0 Å². The molecule has 7 N–H and O–H groups in total. The maximum atomic E-state index is 14.3. The molecule has 4 amide bonds. The summed E-state index contributed by atoms with van der Waals surface area (Å²) in [6, 6.07) is 8.07. The van der Waals surface area contributed by atoms with Crippen molar-refractivity contribution in [3.05, 3.63) is 121 Å². The van der Waals surface area contributed by atoms with E-state index in [4.69, 9.17) is 47.6 Å². The molecule has 24 nitrogen and oxygen atoms in total. The first kappa shape index (κ1) is 64.6. The molecule has 4 bridgehead atoms. The van der Waals surface area contributed by atoms with Crippen molar-refractivity contribution >= 4 is 70.5 Å². The van der Waals surface area contributed by atoms with Gasteiger partial charge in [0.05, 0.1) is 86.2 Å². The molecule has 0 saturated carbocycles. The first-order valence-electron chi connectivity index (χ1n) is 29.1. The summed E-state index contributed by atoms with van der Waals surface area (Å²) in [6.07, 6.45) is 7.72. The maximum Gasteiger partial charge on any atom is 0.270 e. The number of phenolic OH excluding ortho intramolecular Hbond substituents is 2. The number of fused-ring (bicyclic) bond motifs is 10. The van der Waals surface area contributed by atoms with Crippen LogP contribution >= 0.6 is 35.3 Å². The van der Waals surface area contributed by atoms with Crippen LogP contribution in [0, 0.1) is 0 Å². The van der Waals surface area contributed by atoms with Gasteiger partial charge in [-0.05, 0) is 22.8 Å². The minimum absolute atomic E-state index is 0.000165. The molecular formula is C61H72N6O18S3. The third-order valence-electron chi connectivity index (χ3n) is 15.7. The molecule has 0 radical (unpaired) electrons. The number of methoxy groups -OCH3 is 2. The van der Waals surface area contributed by atoms with Gasteiger partial charge in [-0.25, -0.2) is 0 Å². The molecule has 88 heavy (non-hydrogen) atoms. The molecule has 2 aromatic carbocycles. The molecule has 1 aromatic heterocycles. The van der Waals surface area contributed by atoms with Crippen LogP contribution in [0.2, 0.25) is 0 Å². The van der Waals surface area contributed by atoms with Crippen molar-refractivity contribution in [2.45, 2.75) is 106 Å². The lowest BCUT2D eigenvalue weighted by Crippen LogP contribution is -2.57. The van der Waals surface area contributed by atoms with Gasteiger partial charge >= 0.3 is 0 Å². The molecule has 27 heteroatoms. The number of hydrogen-bond acceptors (Lipinski definition) is 23. The highest BCUT2D eigenvalue weighted by atomic mass is 32.2. The molecule has 8 atom stereocenters. The molecule has 4 aliphatic heterocycles. The van der Waals surface area contributed by atoms with Crippen molar-refractivity contribution in [2.24, 2.45) is 0 Å². The fourth-order valence-corrected chi connectivity index (χ4v) is 14.2. The third kappa shape index (κ3) is 15.3. The maximum absolute atomic E-state index is 14.3. The van der Waals surface area contributed by atoms with Crippen LogP contribution in [-0.4, -0.2) is 188 Å². The number of rotatable bonds is 23. The average molecular weight is 1270 g/mol. The Morgan fingerprint density at radius 3 is 2.26 bits per heavy atom. The van der Waals surface area contributed by atoms with Gasteiger partial charge in [-0.3, -0.25) is 49.5 Å². The van der Waals surface area contributed by atoms with E-state index >= 15 is 0 Å². The summed E-state index contributed by atoms with van der Waals surface area (Å²) < 4.78 is 53.2. The summed E-state index contributed by atoms with van der Waals surface area (Å²) in [5.74, 6) is -2.90. The van der Waals surface area contributed by atoms with Crippen LogP contribution in [0.3, 0.4) is 0 Å². The highest BCUT2D eigenvalue weighted by Crippen LogP contribution is 2.53. The van der Waals surface area contributed by atoms with Crippen LogP contribution < -0.4 is 31.0 Å². The van der Waals surface area contributed by atoms with Crippen molar-refractivity contribution in [3.63, 3.8) is 0 Å². The van der Waals surface area contributed by atoms with Gasteiger partial charge in [-0.1, -0.05) is 48.6 Å². The SMILES string of the molecule is COc1cccc2c1C(=O)c1c(O)c3c(c(O)c1C2=O)C[C@@](O)(C(=O)NNC(=O)CCSCC(=O)NCCNC(=O)CCOCCOCCOc1cc2nc(c1)CS/C1=C/C=C\C=C/C=C(\C1)SC2)C[C@@H]3O[C@H]1C[C@H]2[C@H](O[C@@H]3[C@@H](OC)OCCN32)[C@H](C)O1. The number of aromatic hydroxyl groups is 2. The Hall–Kier alpha value is -6.34. The predicted octanol–water partition coefficient (Wildman–Crippen LogP) is 4.31. The molecule has 5 heterocycles. The summed E-state index contributed by atoms with van der Waals surface area (Å²) >= 11 is 4.72. The first-order chi connectivity index (χ1) is 42.6. The minimum Gasteiger partial charge on any atom is -0.507 e. The van der Waals surface area contributed by atoms with Crippen LogP contribution in [-0.2, 0) is 70.3 Å². The van der Waals surface area contributed by atoms with E-state index in [1.807, 2.05) is 24.3 Å². The number of aliphatic hydroxyl groups is 1. The number of morpholine rings is 1. The zero-order valence-corrected chi connectivity index (χ0v) is 51.4. The van der Waals surface area contributed by atoms with Gasteiger partial charge in [-0.15, -0.1) is 23.5 Å². The van der Waals surface area contributed by atoms with E-state index in [0.717, 1.165) is 46.8 Å². The van der Waals surface area contributed by atoms with Crippen molar-refractivity contribution < 1.29 is 86.7 Å². The Morgan fingerprint density at radius 1 is 0.830 bits per heavy atom. The van der Waals surface area contributed by atoms with E-state index in [-0.39, 0.29) is 96.3 Å². The number of hydrazine groups is 1. The Labute approximate surface area is 521 Å². The Balaban J connectivity index is 0.633. The highest BCUT2D eigenvalue weighted by Gasteiger charge is 2.55. The number of aromatic nitrogens is 1. The topological polar surface area (TPSA) is 310 Å². The van der Waals surface area contributed by atoms with E-state index in [1.165, 1.54) is 42.2 Å². The predicted molar refractivity (Wildman–Crippen MR) is 323 cm³/mol. The van der Waals surface area contributed by atoms with Crippen LogP contribution in [0.1, 0.15) is 99.5 Å². The molecule has 3 fully saturated rings. The number of pyridine rings is 1. The number of ketones is 2.